The number of rotatable bonds is 4. The van der Waals surface area contributed by atoms with Crippen LogP contribution in [0.4, 0.5) is 0 Å². The van der Waals surface area contributed by atoms with E-state index in [1.807, 2.05) is 47.4 Å². The first-order valence-electron chi connectivity index (χ1n) is 8.30. The summed E-state index contributed by atoms with van der Waals surface area (Å²) in [5.74, 6) is 0.166. The lowest BCUT2D eigenvalue weighted by molar-refractivity contribution is -0.130. The second-order valence-corrected chi connectivity index (χ2v) is 6.33. The van der Waals surface area contributed by atoms with Crippen molar-refractivity contribution in [2.75, 3.05) is 6.54 Å². The summed E-state index contributed by atoms with van der Waals surface area (Å²) in [7, 11) is 0. The molecule has 2 aromatic rings. The van der Waals surface area contributed by atoms with Crippen molar-refractivity contribution in [3.8, 4) is 0 Å². The minimum absolute atomic E-state index is 0.0552. The highest BCUT2D eigenvalue weighted by Gasteiger charge is 2.49. The highest BCUT2D eigenvalue weighted by Crippen LogP contribution is 2.39. The number of carbonyl (C=O) groups excluding carboxylic acids is 2. The Hall–Kier alpha value is -2.53. The molecule has 0 saturated carbocycles. The van der Waals surface area contributed by atoms with Crippen LogP contribution in [0.2, 0.25) is 0 Å². The van der Waals surface area contributed by atoms with Crippen molar-refractivity contribution in [3.05, 3.63) is 65.5 Å². The molecule has 2 fully saturated rings. The van der Waals surface area contributed by atoms with Crippen molar-refractivity contribution in [3.63, 3.8) is 0 Å². The van der Waals surface area contributed by atoms with Gasteiger partial charge in [0.15, 0.2) is 6.29 Å². The Labute approximate surface area is 140 Å². The number of aldehydes is 1. The van der Waals surface area contributed by atoms with Crippen LogP contribution in [-0.4, -0.2) is 39.6 Å². The fourth-order valence-electron chi connectivity index (χ4n) is 3.79. The van der Waals surface area contributed by atoms with E-state index in [2.05, 4.69) is 9.88 Å². The lowest BCUT2D eigenvalue weighted by atomic mass is 10.1. The standard InChI is InChI=1S/C19H19N3O2/c23-13-15-8-4-9-16(20-15)18-21-11-5-10-17(21)19(24)22(18)12-14-6-2-1-3-7-14/h1-4,6-9,13,17-18H,5,10-12H2/t17-,18+/m0/s1. The van der Waals surface area contributed by atoms with E-state index in [-0.39, 0.29) is 18.1 Å². The number of carbonyl (C=O) groups is 2. The molecule has 0 bridgehead atoms. The number of hydrogen-bond acceptors (Lipinski definition) is 4. The van der Waals surface area contributed by atoms with Crippen LogP contribution in [0.25, 0.3) is 0 Å². The molecule has 2 aliphatic heterocycles. The third-order valence-electron chi connectivity index (χ3n) is 4.84. The Balaban J connectivity index is 1.71. The smallest absolute Gasteiger partial charge is 0.241 e. The molecule has 5 heteroatoms. The van der Waals surface area contributed by atoms with Gasteiger partial charge in [0.05, 0.1) is 11.7 Å². The molecule has 122 valence electrons. The van der Waals surface area contributed by atoms with Crippen LogP contribution < -0.4 is 0 Å². The molecule has 1 aromatic heterocycles. The summed E-state index contributed by atoms with van der Waals surface area (Å²) in [5.41, 5.74) is 2.28. The van der Waals surface area contributed by atoms with E-state index in [9.17, 15) is 9.59 Å². The highest BCUT2D eigenvalue weighted by molar-refractivity contribution is 5.85. The molecule has 1 aromatic carbocycles. The Kier molecular flexibility index (Phi) is 3.86. The zero-order valence-electron chi connectivity index (χ0n) is 13.3. The lowest BCUT2D eigenvalue weighted by Gasteiger charge is -2.29. The fraction of sp³-hybridized carbons (Fsp3) is 0.316. The van der Waals surface area contributed by atoms with Crippen molar-refractivity contribution in [2.45, 2.75) is 31.6 Å². The SMILES string of the molecule is O=Cc1cccc([C@H]2N(Cc3ccccc3)C(=O)[C@@H]3CCCN32)n1. The van der Waals surface area contributed by atoms with Crippen LogP contribution in [0, 0.1) is 0 Å². The molecular formula is C19H19N3O2. The van der Waals surface area contributed by atoms with Gasteiger partial charge in [0.2, 0.25) is 5.91 Å². The van der Waals surface area contributed by atoms with Gasteiger partial charge in [0.25, 0.3) is 0 Å². The molecular weight excluding hydrogens is 302 g/mol. The van der Waals surface area contributed by atoms with Crippen LogP contribution in [-0.2, 0) is 11.3 Å². The quantitative estimate of drug-likeness (QED) is 0.812. The molecule has 3 heterocycles. The third kappa shape index (κ3) is 2.51. The van der Waals surface area contributed by atoms with Crippen molar-refractivity contribution in [1.29, 1.82) is 0 Å². The van der Waals surface area contributed by atoms with E-state index >= 15 is 0 Å². The molecule has 4 rings (SSSR count). The first-order chi connectivity index (χ1) is 11.8. The second kappa shape index (κ2) is 6.17. The summed E-state index contributed by atoms with van der Waals surface area (Å²) in [5, 5.41) is 0. The van der Waals surface area contributed by atoms with Gasteiger partial charge in [0.1, 0.15) is 11.9 Å². The largest absolute Gasteiger partial charge is 0.315 e. The van der Waals surface area contributed by atoms with Crippen molar-refractivity contribution in [2.24, 2.45) is 0 Å². The summed E-state index contributed by atoms with van der Waals surface area (Å²) in [6.07, 6.45) is 2.49. The van der Waals surface area contributed by atoms with Crippen molar-refractivity contribution < 1.29 is 9.59 Å². The molecule has 0 spiro atoms. The maximum Gasteiger partial charge on any atom is 0.241 e. The Morgan fingerprint density at radius 1 is 1.12 bits per heavy atom. The maximum absolute atomic E-state index is 12.9. The average molecular weight is 321 g/mol. The van der Waals surface area contributed by atoms with Crippen LogP contribution in [0.5, 0.6) is 0 Å². The van der Waals surface area contributed by atoms with E-state index in [4.69, 9.17) is 0 Å². The molecule has 2 saturated heterocycles. The van der Waals surface area contributed by atoms with Gasteiger partial charge in [-0.1, -0.05) is 36.4 Å². The number of pyridine rings is 1. The topological polar surface area (TPSA) is 53.5 Å². The third-order valence-corrected chi connectivity index (χ3v) is 4.84. The molecule has 0 radical (unpaired) electrons. The monoisotopic (exact) mass is 321 g/mol. The summed E-state index contributed by atoms with van der Waals surface area (Å²) >= 11 is 0. The van der Waals surface area contributed by atoms with E-state index in [1.165, 1.54) is 0 Å². The molecule has 24 heavy (non-hydrogen) atoms. The molecule has 0 aliphatic carbocycles. The number of amides is 1. The molecule has 2 atom stereocenters. The predicted octanol–water partition coefficient (Wildman–Crippen LogP) is 2.40. The van der Waals surface area contributed by atoms with Crippen molar-refractivity contribution >= 4 is 12.2 Å². The zero-order chi connectivity index (χ0) is 16.5. The normalized spacial score (nSPS) is 23.5. The van der Waals surface area contributed by atoms with Crippen molar-refractivity contribution in [1.82, 2.24) is 14.8 Å². The van der Waals surface area contributed by atoms with Gasteiger partial charge in [-0.05, 0) is 30.5 Å². The first-order valence-corrected chi connectivity index (χ1v) is 8.30. The minimum atomic E-state index is -0.190. The van der Waals surface area contributed by atoms with Gasteiger partial charge in [-0.15, -0.1) is 0 Å². The molecule has 0 N–H and O–H groups in total. The number of aromatic nitrogens is 1. The van der Waals surface area contributed by atoms with Gasteiger partial charge >= 0.3 is 0 Å². The van der Waals surface area contributed by atoms with E-state index in [0.717, 1.165) is 36.9 Å². The molecule has 5 nitrogen and oxygen atoms in total. The summed E-state index contributed by atoms with van der Waals surface area (Å²) in [4.78, 5) is 32.6. The van der Waals surface area contributed by atoms with Crippen LogP contribution in [0.3, 0.4) is 0 Å². The van der Waals surface area contributed by atoms with Gasteiger partial charge in [-0.3, -0.25) is 14.5 Å². The van der Waals surface area contributed by atoms with E-state index in [0.29, 0.717) is 12.2 Å². The Bertz CT molecular complexity index is 762. The Morgan fingerprint density at radius 2 is 1.96 bits per heavy atom. The number of benzene rings is 1. The number of fused-ring (bicyclic) bond motifs is 1. The highest BCUT2D eigenvalue weighted by atomic mass is 16.2. The number of nitrogens with zero attached hydrogens (tertiary/aromatic N) is 3. The average Bonchev–Trinajstić information content (AvgIpc) is 3.19. The van der Waals surface area contributed by atoms with E-state index < -0.39 is 0 Å². The predicted molar refractivity (Wildman–Crippen MR) is 89.1 cm³/mol. The van der Waals surface area contributed by atoms with E-state index in [1.54, 1.807) is 6.07 Å². The first kappa shape index (κ1) is 15.0. The van der Waals surface area contributed by atoms with Gasteiger partial charge in [0, 0.05) is 13.1 Å². The molecule has 2 aliphatic rings. The van der Waals surface area contributed by atoms with Gasteiger partial charge in [-0.25, -0.2) is 4.98 Å². The summed E-state index contributed by atoms with van der Waals surface area (Å²) in [6.45, 7) is 1.45. The molecule has 1 amide bonds. The summed E-state index contributed by atoms with van der Waals surface area (Å²) in [6, 6.07) is 15.4. The zero-order valence-corrected chi connectivity index (χ0v) is 13.3. The van der Waals surface area contributed by atoms with Crippen LogP contribution >= 0.6 is 0 Å². The molecule has 0 unspecified atom stereocenters. The maximum atomic E-state index is 12.9. The van der Waals surface area contributed by atoms with Gasteiger partial charge in [-0.2, -0.15) is 0 Å². The lowest BCUT2D eigenvalue weighted by Crippen LogP contribution is -2.32. The van der Waals surface area contributed by atoms with Gasteiger partial charge < -0.3 is 4.90 Å². The minimum Gasteiger partial charge on any atom is -0.315 e. The Morgan fingerprint density at radius 3 is 2.75 bits per heavy atom. The summed E-state index contributed by atoms with van der Waals surface area (Å²) < 4.78 is 0. The number of hydrogen-bond donors (Lipinski definition) is 0. The fourth-order valence-corrected chi connectivity index (χ4v) is 3.79. The second-order valence-electron chi connectivity index (χ2n) is 6.33. The van der Waals surface area contributed by atoms with Crippen LogP contribution in [0.15, 0.2) is 48.5 Å². The van der Waals surface area contributed by atoms with Crippen LogP contribution in [0.1, 0.15) is 40.8 Å².